The summed E-state index contributed by atoms with van der Waals surface area (Å²) in [4.78, 5) is 55.1. The summed E-state index contributed by atoms with van der Waals surface area (Å²) >= 11 is 0. The molecule has 8 aromatic heterocycles. The second-order valence-corrected chi connectivity index (χ2v) is 47.5. The van der Waals surface area contributed by atoms with Crippen LogP contribution >= 0.6 is 0 Å². The number of nitrogens with zero attached hydrogens (tertiary/aromatic N) is 16. The van der Waals surface area contributed by atoms with Gasteiger partial charge < -0.3 is 80.3 Å². The molecular formula is C122H197N17O7. The highest BCUT2D eigenvalue weighted by Crippen LogP contribution is 2.38. The molecule has 0 bridgehead atoms. The van der Waals surface area contributed by atoms with E-state index in [9.17, 15) is 35.7 Å². The van der Waals surface area contributed by atoms with Gasteiger partial charge in [-0.25, -0.2) is 0 Å². The molecule has 24 nitrogen and oxygen atoms in total. The van der Waals surface area contributed by atoms with Crippen LogP contribution in [-0.4, -0.2) is 235 Å². The van der Waals surface area contributed by atoms with Crippen LogP contribution in [0.3, 0.4) is 0 Å². The maximum atomic E-state index is 10.2. The molecule has 0 spiro atoms. The number of nitrogens with one attached hydrogen (secondary N) is 1. The van der Waals surface area contributed by atoms with Crippen molar-refractivity contribution in [2.75, 3.05) is 151 Å². The molecule has 146 heavy (non-hydrogen) atoms. The monoisotopic (exact) mass is 2010 g/mol. The fourth-order valence-electron chi connectivity index (χ4n) is 20.8. The fraction of sp³-hybridized carbons (Fsp3) is 0.672. The molecule has 8 N–H and O–H groups in total. The highest BCUT2D eigenvalue weighted by Gasteiger charge is 2.37. The number of piperidine rings is 8. The van der Waals surface area contributed by atoms with Gasteiger partial charge in [0.2, 0.25) is 0 Å². The standard InChI is InChI=1S/3C16H26N2O.4C15H24N2O.C14H23N3/c3*1-12(2)15-8-7-14(10-17-15)18-9-5-6-13(11-18)16(3,4)19;4*1-11(2)15-7-6-14(9-16-15)17-8-4-5-13(10-17)12(3)18;1-11(2)14-7-6-13(9-16-14)17-8-4-5-12(10-17)15-3/h3*7-8,10,12-13,19H,5-6,9,11H2,1-4H3;4*6-7,9,11-13,18H,4-5,8,10H2,1-3H3;6-7,9,11-12,15H,4-5,8,10H2,1-3H3/t2*13-;;12-,13+;2*12-,13-;;12-/m10.110.0/s1. The Morgan fingerprint density at radius 2 is 0.377 bits per heavy atom. The van der Waals surface area contributed by atoms with Gasteiger partial charge in [-0.1, -0.05) is 111 Å². The average molecular weight is 2010 g/mol. The summed E-state index contributed by atoms with van der Waals surface area (Å²) in [6.07, 6.45) is 33.4. The van der Waals surface area contributed by atoms with E-state index in [0.29, 0.717) is 94.8 Å². The predicted molar refractivity (Wildman–Crippen MR) is 611 cm³/mol. The third-order valence-electron chi connectivity index (χ3n) is 31.5. The maximum absolute atomic E-state index is 10.2. The van der Waals surface area contributed by atoms with Gasteiger partial charge in [-0.2, -0.15) is 0 Å². The summed E-state index contributed by atoms with van der Waals surface area (Å²) in [6, 6.07) is 34.9. The highest BCUT2D eigenvalue weighted by atomic mass is 16.3. The van der Waals surface area contributed by atoms with Gasteiger partial charge in [-0.3, -0.25) is 39.9 Å². The average Bonchev–Trinajstić information content (AvgIpc) is 0.830. The number of pyridine rings is 8. The van der Waals surface area contributed by atoms with Crippen molar-refractivity contribution in [3.63, 3.8) is 0 Å². The fourth-order valence-corrected chi connectivity index (χ4v) is 20.8. The zero-order valence-corrected chi connectivity index (χ0v) is 95.3. The van der Waals surface area contributed by atoms with Crippen LogP contribution in [0.4, 0.5) is 45.5 Å². The third-order valence-corrected chi connectivity index (χ3v) is 31.5. The lowest BCUT2D eigenvalue weighted by molar-refractivity contribution is 0.0106. The minimum absolute atomic E-state index is 0.212. The first kappa shape index (κ1) is 121. The van der Waals surface area contributed by atoms with E-state index in [1.807, 2.05) is 126 Å². The second-order valence-electron chi connectivity index (χ2n) is 47.5. The number of hydrogen-bond donors (Lipinski definition) is 8. The molecule has 8 aromatic rings. The lowest BCUT2D eigenvalue weighted by Crippen LogP contribution is -2.44. The van der Waals surface area contributed by atoms with Crippen LogP contribution < -0.4 is 44.5 Å². The minimum atomic E-state index is -0.593. The smallest absolute Gasteiger partial charge is 0.0636 e. The Kier molecular flexibility index (Phi) is 48.5. The van der Waals surface area contributed by atoms with Gasteiger partial charge >= 0.3 is 0 Å². The minimum Gasteiger partial charge on any atom is -0.393 e. The molecule has 12 atom stereocenters. The van der Waals surface area contributed by atoms with Crippen molar-refractivity contribution in [1.82, 2.24) is 45.2 Å². The molecule has 0 amide bonds. The first-order valence-electron chi connectivity index (χ1n) is 56.4. The van der Waals surface area contributed by atoms with E-state index >= 15 is 0 Å². The van der Waals surface area contributed by atoms with Gasteiger partial charge in [-0.15, -0.1) is 0 Å². The Morgan fingerprint density at radius 1 is 0.226 bits per heavy atom. The first-order valence-corrected chi connectivity index (χ1v) is 56.4. The number of aliphatic hydroxyl groups excluding tert-OH is 4. The summed E-state index contributed by atoms with van der Waals surface area (Å²) in [5, 5.41) is 72.8. The lowest BCUT2D eigenvalue weighted by Gasteiger charge is -2.39. The Labute approximate surface area is 883 Å². The summed E-state index contributed by atoms with van der Waals surface area (Å²) in [7, 11) is 2.05. The molecule has 8 fully saturated rings. The molecule has 8 saturated heterocycles. The molecule has 24 heteroatoms. The molecule has 8 aliphatic heterocycles. The Balaban J connectivity index is 0.000000186. The van der Waals surface area contributed by atoms with Crippen molar-refractivity contribution in [2.24, 2.45) is 41.4 Å². The van der Waals surface area contributed by atoms with Crippen LogP contribution in [0.15, 0.2) is 147 Å². The number of likely N-dealkylation sites (N-methyl/N-ethyl adjacent to an activating group) is 1. The number of hydrogen-bond acceptors (Lipinski definition) is 24. The van der Waals surface area contributed by atoms with Crippen molar-refractivity contribution in [2.45, 2.75) is 377 Å². The summed E-state index contributed by atoms with van der Waals surface area (Å²) < 4.78 is 0. The van der Waals surface area contributed by atoms with E-state index in [0.717, 1.165) is 234 Å². The van der Waals surface area contributed by atoms with Crippen molar-refractivity contribution in [3.05, 3.63) is 192 Å². The Morgan fingerprint density at radius 3 is 0.514 bits per heavy atom. The zero-order valence-electron chi connectivity index (χ0n) is 95.3. The molecule has 3 unspecified atom stereocenters. The van der Waals surface area contributed by atoms with Crippen LogP contribution in [0.2, 0.25) is 0 Å². The van der Waals surface area contributed by atoms with Crippen LogP contribution in [0.1, 0.15) is 376 Å². The SMILES string of the molecule is CC(C)c1ccc(N2CCCC(C(C)(C)O)C2)cn1.CC(C)c1ccc(N2CCCC(C(C)O)C2)cn1.CC(C)c1ccc(N2CCC[C@@H](C(C)(C)O)C2)cn1.CC(C)c1ccc(N2CCC[C@@H]([C@@H](C)O)C2)cn1.CC(C)c1ccc(N2CCC[C@H](C(C)(C)O)C2)cn1.CC(C)c1ccc(N2CCC[C@H]([C@@H](C)O)C2)cn1.CC(C)c1ccc(N2CCC[C@H]([C@H](C)O)C2)cn1.CN[C@H]1CCCN(c2ccc(C(C)C)nc2)C1. The molecule has 0 radical (unpaired) electrons. The number of anilines is 8. The van der Waals surface area contributed by atoms with E-state index in [4.69, 9.17) is 0 Å². The molecule has 16 heterocycles. The van der Waals surface area contributed by atoms with E-state index in [1.165, 1.54) is 64.0 Å². The molecule has 812 valence electrons. The van der Waals surface area contributed by atoms with Crippen LogP contribution in [0.5, 0.6) is 0 Å². The number of aromatic nitrogens is 8. The lowest BCUT2D eigenvalue weighted by atomic mass is 9.84. The molecule has 16 rings (SSSR count). The zero-order chi connectivity index (χ0) is 107. The van der Waals surface area contributed by atoms with Crippen molar-refractivity contribution >= 4 is 45.5 Å². The summed E-state index contributed by atoms with van der Waals surface area (Å²) in [6.45, 7) is 70.0. The van der Waals surface area contributed by atoms with Crippen LogP contribution in [0.25, 0.3) is 0 Å². The van der Waals surface area contributed by atoms with Crippen LogP contribution in [0, 0.1) is 41.4 Å². The van der Waals surface area contributed by atoms with Gasteiger partial charge in [0.15, 0.2) is 0 Å². The number of rotatable bonds is 24. The summed E-state index contributed by atoms with van der Waals surface area (Å²) in [5.41, 5.74) is 16.9. The van der Waals surface area contributed by atoms with E-state index in [1.54, 1.807) is 0 Å². The maximum Gasteiger partial charge on any atom is 0.0636 e. The van der Waals surface area contributed by atoms with Crippen molar-refractivity contribution < 1.29 is 35.7 Å². The van der Waals surface area contributed by atoms with E-state index < -0.39 is 16.8 Å². The molecule has 0 saturated carbocycles. The highest BCUT2D eigenvalue weighted by molar-refractivity contribution is 5.52. The molecular weight excluding hydrogens is 1820 g/mol. The molecule has 0 aliphatic carbocycles. The quantitative estimate of drug-likeness (QED) is 0.0279. The third kappa shape index (κ3) is 38.6. The van der Waals surface area contributed by atoms with Gasteiger partial charge in [0.05, 0.1) is 136 Å². The van der Waals surface area contributed by atoms with E-state index in [2.05, 4.69) is 292 Å². The van der Waals surface area contributed by atoms with Gasteiger partial charge in [0.25, 0.3) is 0 Å². The molecule has 0 aromatic carbocycles. The van der Waals surface area contributed by atoms with Crippen molar-refractivity contribution in [3.8, 4) is 0 Å². The topological polar surface area (TPSA) is 283 Å². The van der Waals surface area contributed by atoms with Gasteiger partial charge in [0, 0.05) is 198 Å². The number of aliphatic hydroxyl groups is 7. The van der Waals surface area contributed by atoms with Crippen molar-refractivity contribution in [1.29, 1.82) is 0 Å². The normalized spacial score (nSPS) is 21.6. The second kappa shape index (κ2) is 58.6. The molecule has 8 aliphatic rings. The largest absolute Gasteiger partial charge is 0.393 e. The first-order chi connectivity index (χ1) is 69.1. The Hall–Kier alpha value is -8.72. The van der Waals surface area contributed by atoms with Crippen LogP contribution in [-0.2, 0) is 0 Å². The Bertz CT molecular complexity index is 4410. The summed E-state index contributed by atoms with van der Waals surface area (Å²) in [5.74, 6) is 6.42. The van der Waals surface area contributed by atoms with E-state index in [-0.39, 0.29) is 24.4 Å². The van der Waals surface area contributed by atoms with Gasteiger partial charge in [0.1, 0.15) is 0 Å². The predicted octanol–water partition coefficient (Wildman–Crippen LogP) is 23.2. The van der Waals surface area contributed by atoms with Gasteiger partial charge in [-0.05, 0) is 323 Å².